The Balaban J connectivity index is 1.44. The van der Waals surface area contributed by atoms with Crippen LogP contribution in [0.15, 0.2) is 121 Å². The summed E-state index contributed by atoms with van der Waals surface area (Å²) in [5, 5.41) is 4.76. The van der Waals surface area contributed by atoms with Crippen LogP contribution in [0.25, 0.3) is 0 Å². The van der Waals surface area contributed by atoms with Crippen molar-refractivity contribution < 1.29 is 9.32 Å². The maximum atomic E-state index is 13.2. The third-order valence-corrected chi connectivity index (χ3v) is 10.4. The predicted molar refractivity (Wildman–Crippen MR) is 144 cm³/mol. The van der Waals surface area contributed by atoms with Crippen molar-refractivity contribution in [2.75, 3.05) is 6.61 Å². The molecule has 4 aromatic rings. The zero-order chi connectivity index (χ0) is 23.2. The number of carbonyl (C=O) groups excluding carboxylic acids is 1. The van der Waals surface area contributed by atoms with Crippen LogP contribution in [0.4, 0.5) is 0 Å². The van der Waals surface area contributed by atoms with Gasteiger partial charge >= 0.3 is 0 Å². The second kappa shape index (κ2) is 11.1. The Morgan fingerprint density at radius 1 is 0.647 bits per heavy atom. The zero-order valence-corrected chi connectivity index (χ0v) is 20.7. The van der Waals surface area contributed by atoms with E-state index in [1.807, 2.05) is 24.3 Å². The molecule has 0 unspecified atom stereocenters. The summed E-state index contributed by atoms with van der Waals surface area (Å²) in [5.74, 6) is 0.219. The van der Waals surface area contributed by atoms with E-state index >= 15 is 0 Å². The van der Waals surface area contributed by atoms with Crippen LogP contribution in [0.3, 0.4) is 0 Å². The number of nitrogens with zero attached hydrogens (tertiary/aromatic N) is 1. The van der Waals surface area contributed by atoms with Crippen molar-refractivity contribution in [3.05, 3.63) is 121 Å². The number of amides is 1. The highest BCUT2D eigenvalue weighted by molar-refractivity contribution is 7.71. The molecule has 1 fully saturated rings. The first kappa shape index (κ1) is 22.9. The SMILES string of the molecule is O=C1CC[C@@H](COP(c2ccccc2)c2ccccc2)N1P(c1ccccc1)c1ccccc1. The molecule has 0 aromatic heterocycles. The summed E-state index contributed by atoms with van der Waals surface area (Å²) in [6.45, 7) is 0.528. The van der Waals surface area contributed by atoms with Crippen molar-refractivity contribution in [1.29, 1.82) is 0 Å². The van der Waals surface area contributed by atoms with Gasteiger partial charge < -0.3 is 9.19 Å². The number of carbonyl (C=O) groups is 1. The normalized spacial score (nSPS) is 15.9. The van der Waals surface area contributed by atoms with Crippen LogP contribution >= 0.6 is 16.2 Å². The Kier molecular flexibility index (Phi) is 7.46. The lowest BCUT2D eigenvalue weighted by Gasteiger charge is -2.34. The average molecular weight is 483 g/mol. The molecule has 0 aliphatic carbocycles. The molecule has 0 bridgehead atoms. The van der Waals surface area contributed by atoms with Gasteiger partial charge in [0.25, 0.3) is 0 Å². The third kappa shape index (κ3) is 5.13. The first-order valence-corrected chi connectivity index (χ1v) is 14.1. The molecule has 0 spiro atoms. The van der Waals surface area contributed by atoms with Gasteiger partial charge in [-0.1, -0.05) is 121 Å². The van der Waals surface area contributed by atoms with E-state index < -0.39 is 16.2 Å². The van der Waals surface area contributed by atoms with E-state index in [1.165, 1.54) is 21.2 Å². The van der Waals surface area contributed by atoms with Crippen LogP contribution in [0.5, 0.6) is 0 Å². The summed E-state index contributed by atoms with van der Waals surface area (Å²) in [7, 11) is -1.92. The molecule has 4 aromatic carbocycles. The van der Waals surface area contributed by atoms with Gasteiger partial charge in [-0.3, -0.25) is 4.79 Å². The van der Waals surface area contributed by atoms with Crippen molar-refractivity contribution in [3.8, 4) is 0 Å². The molecule has 170 valence electrons. The van der Waals surface area contributed by atoms with Crippen molar-refractivity contribution in [1.82, 2.24) is 4.67 Å². The van der Waals surface area contributed by atoms with Crippen molar-refractivity contribution in [3.63, 3.8) is 0 Å². The van der Waals surface area contributed by atoms with Gasteiger partial charge in [-0.25, -0.2) is 0 Å². The second-order valence-corrected chi connectivity index (χ2v) is 12.1. The molecule has 5 heteroatoms. The quantitative estimate of drug-likeness (QED) is 0.327. The predicted octanol–water partition coefficient (Wildman–Crippen LogP) is 5.09. The maximum absolute atomic E-state index is 13.2. The smallest absolute Gasteiger partial charge is 0.226 e. The summed E-state index contributed by atoms with van der Waals surface area (Å²) >= 11 is 0. The summed E-state index contributed by atoms with van der Waals surface area (Å²) in [5.41, 5.74) is 0. The Morgan fingerprint density at radius 2 is 1.06 bits per heavy atom. The summed E-state index contributed by atoms with van der Waals surface area (Å²) in [4.78, 5) is 13.2. The van der Waals surface area contributed by atoms with Crippen LogP contribution in [-0.2, 0) is 9.32 Å². The van der Waals surface area contributed by atoms with Crippen LogP contribution in [-0.4, -0.2) is 23.2 Å². The summed E-state index contributed by atoms with van der Waals surface area (Å²) in [6.07, 6.45) is 1.39. The molecule has 5 rings (SSSR count). The maximum Gasteiger partial charge on any atom is 0.226 e. The van der Waals surface area contributed by atoms with E-state index in [4.69, 9.17) is 4.52 Å². The highest BCUT2D eigenvalue weighted by atomic mass is 31.1. The number of hydrogen-bond acceptors (Lipinski definition) is 2. The van der Waals surface area contributed by atoms with Crippen molar-refractivity contribution in [2.45, 2.75) is 18.9 Å². The first-order chi connectivity index (χ1) is 16.8. The molecular weight excluding hydrogens is 456 g/mol. The van der Waals surface area contributed by atoms with Crippen molar-refractivity contribution in [2.24, 2.45) is 0 Å². The molecule has 1 aliphatic rings. The molecule has 1 saturated heterocycles. The average Bonchev–Trinajstić information content (AvgIpc) is 3.27. The lowest BCUT2D eigenvalue weighted by molar-refractivity contribution is -0.124. The van der Waals surface area contributed by atoms with Crippen LogP contribution < -0.4 is 21.2 Å². The van der Waals surface area contributed by atoms with Crippen LogP contribution in [0, 0.1) is 0 Å². The Bertz CT molecular complexity index is 1110. The molecular formula is C29H27NO2P2. The number of hydrogen-bond donors (Lipinski definition) is 0. The van der Waals surface area contributed by atoms with Gasteiger partial charge in [0.05, 0.1) is 28.9 Å². The van der Waals surface area contributed by atoms with E-state index in [0.29, 0.717) is 13.0 Å². The van der Waals surface area contributed by atoms with Crippen LogP contribution in [0.2, 0.25) is 0 Å². The fraction of sp³-hybridized carbons (Fsp3) is 0.138. The number of benzene rings is 4. The Labute approximate surface area is 204 Å². The summed E-state index contributed by atoms with van der Waals surface area (Å²) in [6, 6.07) is 41.8. The molecule has 34 heavy (non-hydrogen) atoms. The van der Waals surface area contributed by atoms with Gasteiger partial charge in [0, 0.05) is 27.6 Å². The van der Waals surface area contributed by atoms with Gasteiger partial charge in [0.1, 0.15) is 0 Å². The van der Waals surface area contributed by atoms with Gasteiger partial charge in [0.15, 0.2) is 0 Å². The zero-order valence-electron chi connectivity index (χ0n) is 18.9. The van der Waals surface area contributed by atoms with E-state index in [-0.39, 0.29) is 11.9 Å². The second-order valence-electron chi connectivity index (χ2n) is 8.17. The highest BCUT2D eigenvalue weighted by Gasteiger charge is 2.38. The molecule has 0 radical (unpaired) electrons. The molecule has 0 N–H and O–H groups in total. The fourth-order valence-corrected chi connectivity index (χ4v) is 8.62. The van der Waals surface area contributed by atoms with E-state index in [2.05, 4.69) is 102 Å². The molecule has 1 aliphatic heterocycles. The topological polar surface area (TPSA) is 29.5 Å². The highest BCUT2D eigenvalue weighted by Crippen LogP contribution is 2.46. The molecule has 3 nitrogen and oxygen atoms in total. The minimum Gasteiger partial charge on any atom is -0.347 e. The van der Waals surface area contributed by atoms with E-state index in [9.17, 15) is 4.79 Å². The largest absolute Gasteiger partial charge is 0.347 e. The lowest BCUT2D eigenvalue weighted by Crippen LogP contribution is -2.37. The first-order valence-electron chi connectivity index (χ1n) is 11.6. The Hall–Kier alpha value is -2.83. The molecule has 0 saturated carbocycles. The minimum atomic E-state index is -0.959. The van der Waals surface area contributed by atoms with Gasteiger partial charge in [-0.05, 0) is 6.42 Å². The van der Waals surface area contributed by atoms with Gasteiger partial charge in [-0.15, -0.1) is 0 Å². The number of rotatable bonds is 8. The lowest BCUT2D eigenvalue weighted by atomic mass is 10.2. The fourth-order valence-electron chi connectivity index (χ4n) is 4.28. The van der Waals surface area contributed by atoms with E-state index in [0.717, 1.165) is 6.42 Å². The standard InChI is InChI=1S/C29H27NO2P2/c31-29-22-21-24(23-32-34(27-17-9-3-10-18-27)28-19-11-4-12-20-28)30(29)33(25-13-5-1-6-14-25)26-15-7-2-8-16-26/h1-20,24H,21-23H2/t24-/m0/s1. The molecule has 1 amide bonds. The summed E-state index contributed by atoms with van der Waals surface area (Å²) < 4.78 is 8.81. The van der Waals surface area contributed by atoms with Gasteiger partial charge in [-0.2, -0.15) is 0 Å². The Morgan fingerprint density at radius 3 is 1.50 bits per heavy atom. The third-order valence-electron chi connectivity index (χ3n) is 5.89. The van der Waals surface area contributed by atoms with Gasteiger partial charge in [0.2, 0.25) is 5.91 Å². The van der Waals surface area contributed by atoms with E-state index in [1.54, 1.807) is 0 Å². The molecule has 1 heterocycles. The van der Waals surface area contributed by atoms with Crippen molar-refractivity contribution >= 4 is 43.3 Å². The van der Waals surface area contributed by atoms with Crippen LogP contribution in [0.1, 0.15) is 12.8 Å². The minimum absolute atomic E-state index is 0.0523. The molecule has 1 atom stereocenters. The monoisotopic (exact) mass is 483 g/mol.